The number of carbonyl (C=O) groups is 1. The summed E-state index contributed by atoms with van der Waals surface area (Å²) >= 11 is 0. The Morgan fingerprint density at radius 3 is 2.47 bits per heavy atom. The van der Waals surface area contributed by atoms with E-state index in [0.29, 0.717) is 0 Å². The molecule has 1 aromatic carbocycles. The minimum absolute atomic E-state index is 0.183. The number of rotatable bonds is 3. The van der Waals surface area contributed by atoms with Gasteiger partial charge in [0.15, 0.2) is 11.5 Å². The SMILES string of the molecule is CC(C)(Nc1cccc(O)c1O)C(=O)O. The first-order valence-corrected chi connectivity index (χ1v) is 4.37. The van der Waals surface area contributed by atoms with Crippen LogP contribution in [0, 0.1) is 0 Å². The number of phenols is 2. The van der Waals surface area contributed by atoms with Crippen LogP contribution < -0.4 is 5.32 Å². The van der Waals surface area contributed by atoms with Crippen molar-refractivity contribution in [2.45, 2.75) is 19.4 Å². The topological polar surface area (TPSA) is 89.8 Å². The lowest BCUT2D eigenvalue weighted by Crippen LogP contribution is -2.39. The molecule has 4 N–H and O–H groups in total. The summed E-state index contributed by atoms with van der Waals surface area (Å²) in [4.78, 5) is 10.8. The van der Waals surface area contributed by atoms with E-state index >= 15 is 0 Å². The largest absolute Gasteiger partial charge is 0.504 e. The summed E-state index contributed by atoms with van der Waals surface area (Å²) in [7, 11) is 0. The number of hydrogen-bond donors (Lipinski definition) is 4. The molecule has 0 aromatic heterocycles. The first kappa shape index (κ1) is 11.2. The second-order valence-corrected chi connectivity index (χ2v) is 3.73. The van der Waals surface area contributed by atoms with Crippen LogP contribution in [0.3, 0.4) is 0 Å². The van der Waals surface area contributed by atoms with E-state index in [-0.39, 0.29) is 17.2 Å². The number of para-hydroxylation sites is 1. The molecule has 0 unspecified atom stereocenters. The van der Waals surface area contributed by atoms with Crippen molar-refractivity contribution < 1.29 is 20.1 Å². The quantitative estimate of drug-likeness (QED) is 0.567. The Labute approximate surface area is 87.0 Å². The van der Waals surface area contributed by atoms with E-state index in [1.54, 1.807) is 0 Å². The fourth-order valence-corrected chi connectivity index (χ4v) is 1.02. The van der Waals surface area contributed by atoms with Crippen LogP contribution in [0.5, 0.6) is 11.5 Å². The van der Waals surface area contributed by atoms with Crippen LogP contribution >= 0.6 is 0 Å². The van der Waals surface area contributed by atoms with Crippen LogP contribution in [-0.2, 0) is 4.79 Å². The van der Waals surface area contributed by atoms with E-state index in [1.807, 2.05) is 0 Å². The molecule has 0 atom stereocenters. The summed E-state index contributed by atoms with van der Waals surface area (Å²) in [6, 6.07) is 4.31. The second-order valence-electron chi connectivity index (χ2n) is 3.73. The summed E-state index contributed by atoms with van der Waals surface area (Å²) in [5.74, 6) is -1.70. The van der Waals surface area contributed by atoms with Crippen LogP contribution in [0.4, 0.5) is 5.69 Å². The van der Waals surface area contributed by atoms with E-state index in [1.165, 1.54) is 32.0 Å². The van der Waals surface area contributed by atoms with Gasteiger partial charge in [-0.05, 0) is 26.0 Å². The minimum Gasteiger partial charge on any atom is -0.504 e. The molecule has 0 spiro atoms. The van der Waals surface area contributed by atoms with Gasteiger partial charge in [-0.2, -0.15) is 0 Å². The van der Waals surface area contributed by atoms with Gasteiger partial charge in [-0.3, -0.25) is 0 Å². The molecule has 0 bridgehead atoms. The molecule has 5 nitrogen and oxygen atoms in total. The monoisotopic (exact) mass is 211 g/mol. The summed E-state index contributed by atoms with van der Waals surface area (Å²) < 4.78 is 0. The molecule has 15 heavy (non-hydrogen) atoms. The number of carboxylic acid groups (broad SMARTS) is 1. The summed E-state index contributed by atoms with van der Waals surface area (Å²) in [6.45, 7) is 2.91. The van der Waals surface area contributed by atoms with E-state index in [4.69, 9.17) is 5.11 Å². The molecule has 0 heterocycles. The maximum atomic E-state index is 10.8. The molecule has 0 aliphatic carbocycles. The molecule has 1 aromatic rings. The number of hydrogen-bond acceptors (Lipinski definition) is 4. The molecule has 0 fully saturated rings. The molecule has 82 valence electrons. The predicted octanol–water partition coefficient (Wildman–Crippen LogP) is 1.37. The molecular weight excluding hydrogens is 198 g/mol. The third-order valence-corrected chi connectivity index (χ3v) is 2.00. The Morgan fingerprint density at radius 1 is 1.33 bits per heavy atom. The number of aromatic hydroxyl groups is 2. The van der Waals surface area contributed by atoms with Gasteiger partial charge in [0.25, 0.3) is 0 Å². The molecule has 0 aliphatic rings. The van der Waals surface area contributed by atoms with Crippen LogP contribution in [0.1, 0.15) is 13.8 Å². The zero-order chi connectivity index (χ0) is 11.6. The van der Waals surface area contributed by atoms with E-state index in [2.05, 4.69) is 5.32 Å². The molecular formula is C10H13NO4. The number of nitrogens with one attached hydrogen (secondary N) is 1. The Hall–Kier alpha value is -1.91. The number of benzene rings is 1. The second kappa shape index (κ2) is 3.68. The van der Waals surface area contributed by atoms with Gasteiger partial charge in [-0.25, -0.2) is 4.79 Å². The highest BCUT2D eigenvalue weighted by molar-refractivity contribution is 5.82. The van der Waals surface area contributed by atoms with Crippen LogP contribution in [0.25, 0.3) is 0 Å². The summed E-state index contributed by atoms with van der Waals surface area (Å²) in [5.41, 5.74) is -1.03. The Balaban J connectivity index is 3.00. The van der Waals surface area contributed by atoms with E-state index < -0.39 is 11.5 Å². The normalized spacial score (nSPS) is 11.1. The highest BCUT2D eigenvalue weighted by Crippen LogP contribution is 2.34. The van der Waals surface area contributed by atoms with Gasteiger partial charge in [0, 0.05) is 0 Å². The zero-order valence-corrected chi connectivity index (χ0v) is 8.48. The highest BCUT2D eigenvalue weighted by Gasteiger charge is 2.27. The predicted molar refractivity (Wildman–Crippen MR) is 55.1 cm³/mol. The number of anilines is 1. The molecule has 0 saturated heterocycles. The van der Waals surface area contributed by atoms with E-state index in [0.717, 1.165) is 0 Å². The van der Waals surface area contributed by atoms with Crippen molar-refractivity contribution in [3.63, 3.8) is 0 Å². The highest BCUT2D eigenvalue weighted by atomic mass is 16.4. The van der Waals surface area contributed by atoms with E-state index in [9.17, 15) is 15.0 Å². The summed E-state index contributed by atoms with van der Waals surface area (Å²) in [5, 5.41) is 30.1. The first-order chi connectivity index (χ1) is 6.84. The fraction of sp³-hybridized carbons (Fsp3) is 0.300. The lowest BCUT2D eigenvalue weighted by molar-refractivity contribution is -0.141. The third-order valence-electron chi connectivity index (χ3n) is 2.00. The average molecular weight is 211 g/mol. The van der Waals surface area contributed by atoms with Crippen molar-refractivity contribution in [3.8, 4) is 11.5 Å². The lowest BCUT2D eigenvalue weighted by atomic mass is 10.1. The zero-order valence-electron chi connectivity index (χ0n) is 8.48. The van der Waals surface area contributed by atoms with Gasteiger partial charge in [0.1, 0.15) is 5.54 Å². The van der Waals surface area contributed by atoms with Gasteiger partial charge >= 0.3 is 5.97 Å². The van der Waals surface area contributed by atoms with Gasteiger partial charge in [-0.1, -0.05) is 6.07 Å². The van der Waals surface area contributed by atoms with Crippen LogP contribution in [0.2, 0.25) is 0 Å². The third kappa shape index (κ3) is 2.31. The Morgan fingerprint density at radius 2 is 1.93 bits per heavy atom. The average Bonchev–Trinajstić information content (AvgIpc) is 2.12. The molecule has 0 saturated carbocycles. The van der Waals surface area contributed by atoms with Crippen molar-refractivity contribution in [1.29, 1.82) is 0 Å². The fourth-order valence-electron chi connectivity index (χ4n) is 1.02. The van der Waals surface area contributed by atoms with Crippen molar-refractivity contribution in [1.82, 2.24) is 0 Å². The van der Waals surface area contributed by atoms with Gasteiger partial charge < -0.3 is 20.6 Å². The first-order valence-electron chi connectivity index (χ1n) is 4.37. The van der Waals surface area contributed by atoms with Crippen molar-refractivity contribution >= 4 is 11.7 Å². The Bertz CT molecular complexity index is 387. The van der Waals surface area contributed by atoms with Crippen molar-refractivity contribution in [2.75, 3.05) is 5.32 Å². The van der Waals surface area contributed by atoms with Gasteiger partial charge in [-0.15, -0.1) is 0 Å². The Kier molecular flexibility index (Phi) is 2.74. The molecule has 0 aliphatic heterocycles. The number of aliphatic carboxylic acids is 1. The lowest BCUT2D eigenvalue weighted by Gasteiger charge is -2.23. The smallest absolute Gasteiger partial charge is 0.328 e. The molecule has 0 radical (unpaired) electrons. The minimum atomic E-state index is -1.22. The maximum absolute atomic E-state index is 10.8. The maximum Gasteiger partial charge on any atom is 0.328 e. The molecule has 1 rings (SSSR count). The van der Waals surface area contributed by atoms with Crippen molar-refractivity contribution in [3.05, 3.63) is 18.2 Å². The van der Waals surface area contributed by atoms with Gasteiger partial charge in [0.2, 0.25) is 0 Å². The van der Waals surface area contributed by atoms with Crippen LogP contribution in [0.15, 0.2) is 18.2 Å². The standard InChI is InChI=1S/C10H13NO4/c1-10(2,9(14)15)11-6-4-3-5-7(12)8(6)13/h3-5,11-13H,1-2H3,(H,14,15). The molecule has 5 heteroatoms. The van der Waals surface area contributed by atoms with Gasteiger partial charge in [0.05, 0.1) is 5.69 Å². The molecule has 0 amide bonds. The van der Waals surface area contributed by atoms with Crippen molar-refractivity contribution in [2.24, 2.45) is 0 Å². The van der Waals surface area contributed by atoms with Crippen LogP contribution in [-0.4, -0.2) is 26.8 Å². The summed E-state index contributed by atoms with van der Waals surface area (Å²) in [6.07, 6.45) is 0. The number of phenolic OH excluding ortho intramolecular Hbond substituents is 2. The number of carboxylic acids is 1.